The van der Waals surface area contributed by atoms with Crippen molar-refractivity contribution in [2.75, 3.05) is 9.80 Å². The molecule has 0 saturated carbocycles. The minimum absolute atomic E-state index is 0.0258. The van der Waals surface area contributed by atoms with E-state index in [4.69, 9.17) is 0 Å². The number of rotatable bonds is 6. The van der Waals surface area contributed by atoms with Crippen molar-refractivity contribution in [2.45, 2.75) is 51.9 Å². The maximum Gasteiger partial charge on any atom is 0.0991 e. The molecule has 0 N–H and O–H groups in total. The van der Waals surface area contributed by atoms with Crippen LogP contribution < -0.4 is 9.80 Å². The molecule has 0 spiro atoms. The van der Waals surface area contributed by atoms with Crippen LogP contribution in [0, 0.1) is 40.4 Å². The van der Waals surface area contributed by atoms with E-state index >= 15 is 0 Å². The zero-order chi connectivity index (χ0) is 44.4. The Kier molecular flexibility index (Phi) is 8.50. The van der Waals surface area contributed by atoms with Crippen LogP contribution in [0.4, 0.5) is 28.4 Å². The number of hydrogen-bond acceptors (Lipinski definition) is 4. The minimum atomic E-state index is -0.173. The number of allylic oxidation sites excluding steroid dienone is 7. The molecule has 8 aromatic rings. The molecular formula is C61H48N4. The largest absolute Gasteiger partial charge is 0.310 e. The maximum atomic E-state index is 10.0. The monoisotopic (exact) mass is 836 g/mol. The van der Waals surface area contributed by atoms with Crippen LogP contribution in [0.1, 0.15) is 68.9 Å². The molecule has 0 radical (unpaired) electrons. The highest BCUT2D eigenvalue weighted by atomic mass is 15.2. The second-order valence-electron chi connectivity index (χ2n) is 19.6. The van der Waals surface area contributed by atoms with E-state index in [0.29, 0.717) is 11.5 Å². The summed E-state index contributed by atoms with van der Waals surface area (Å²) < 4.78 is 0. The van der Waals surface area contributed by atoms with Crippen LogP contribution in [0.2, 0.25) is 0 Å². The lowest BCUT2D eigenvalue weighted by molar-refractivity contribution is 0.415. The number of fused-ring (bicyclic) bond motifs is 6. The standard InChI is InChI=1S/C61H48N4/c1-37-32-43(23-16-41(37)36-63)65(45-25-29-49-47-11-7-9-13-53(47)61(4,5)55(49)34-45)57-31-20-40-17-26-50-56(30-19-39-18-27-51(57)59(40)58(39)50)64(42-21-14-38(35-62)15-22-42)44-24-28-48-46-10-6-8-12-52(46)60(2,3)54(48)33-44/h6-12,14-34,37,41,53H,13H2,1-5H3. The third-order valence-electron chi connectivity index (χ3n) is 15.4. The number of nitriles is 2. The predicted octanol–water partition coefficient (Wildman–Crippen LogP) is 15.9. The summed E-state index contributed by atoms with van der Waals surface area (Å²) in [7, 11) is 0. The molecule has 0 amide bonds. The Labute approximate surface area is 381 Å². The van der Waals surface area contributed by atoms with Gasteiger partial charge in [0.25, 0.3) is 0 Å². The van der Waals surface area contributed by atoms with Gasteiger partial charge in [0.2, 0.25) is 0 Å². The van der Waals surface area contributed by atoms with Gasteiger partial charge in [0, 0.05) is 38.9 Å². The first kappa shape index (κ1) is 39.0. The molecule has 4 heteroatoms. The zero-order valence-electron chi connectivity index (χ0n) is 37.4. The molecule has 4 nitrogen and oxygen atoms in total. The van der Waals surface area contributed by atoms with Crippen LogP contribution in [-0.2, 0) is 10.8 Å². The lowest BCUT2D eigenvalue weighted by Crippen LogP contribution is -2.24. The Hall–Kier alpha value is -7.66. The molecule has 4 aliphatic carbocycles. The van der Waals surface area contributed by atoms with E-state index in [1.54, 1.807) is 0 Å². The SMILES string of the molecule is CC1C=C(N(c2ccc3c(c2)C(C)(C)C2CC=CC=C32)c2ccc3ccc4c(N(c5ccc(C#N)cc5)c5ccc6c(c5)C(C)(C)c5ccccc5-6)ccc5ccc2c3c54)C=CC1C#N. The Balaban J connectivity index is 1.07. The third-order valence-corrected chi connectivity index (χ3v) is 15.4. The maximum absolute atomic E-state index is 10.0. The van der Waals surface area contributed by atoms with E-state index in [2.05, 4.69) is 214 Å². The van der Waals surface area contributed by atoms with E-state index in [9.17, 15) is 10.5 Å². The van der Waals surface area contributed by atoms with Gasteiger partial charge in [-0.25, -0.2) is 0 Å². The van der Waals surface area contributed by atoms with Gasteiger partial charge in [0.1, 0.15) is 0 Å². The first-order valence-corrected chi connectivity index (χ1v) is 22.9. The molecule has 0 fully saturated rings. The molecule has 65 heavy (non-hydrogen) atoms. The highest BCUT2D eigenvalue weighted by molar-refractivity contribution is 6.28. The number of hydrogen-bond donors (Lipinski definition) is 0. The highest BCUT2D eigenvalue weighted by Gasteiger charge is 2.43. The number of anilines is 5. The molecule has 3 unspecified atom stereocenters. The summed E-state index contributed by atoms with van der Waals surface area (Å²) in [5.41, 5.74) is 16.3. The summed E-state index contributed by atoms with van der Waals surface area (Å²) in [6, 6.07) is 53.9. The molecule has 312 valence electrons. The Bertz CT molecular complexity index is 3530. The van der Waals surface area contributed by atoms with Crippen molar-refractivity contribution in [1.29, 1.82) is 10.5 Å². The highest BCUT2D eigenvalue weighted by Crippen LogP contribution is 2.55. The van der Waals surface area contributed by atoms with Crippen LogP contribution >= 0.6 is 0 Å². The van der Waals surface area contributed by atoms with Gasteiger partial charge in [-0.2, -0.15) is 10.5 Å². The molecule has 4 aliphatic rings. The van der Waals surface area contributed by atoms with Crippen LogP contribution in [0.3, 0.4) is 0 Å². The Morgan fingerprint density at radius 1 is 0.615 bits per heavy atom. The van der Waals surface area contributed by atoms with Gasteiger partial charge in [-0.05, 0) is 151 Å². The van der Waals surface area contributed by atoms with Crippen LogP contribution in [-0.4, -0.2) is 0 Å². The summed E-state index contributed by atoms with van der Waals surface area (Å²) in [4.78, 5) is 4.81. The topological polar surface area (TPSA) is 54.1 Å². The normalized spacial score (nSPS) is 19.5. The fourth-order valence-corrected chi connectivity index (χ4v) is 11.9. The van der Waals surface area contributed by atoms with Gasteiger partial charge in [-0.1, -0.05) is 138 Å². The molecule has 0 aliphatic heterocycles. The van der Waals surface area contributed by atoms with Gasteiger partial charge < -0.3 is 9.80 Å². The van der Waals surface area contributed by atoms with Gasteiger partial charge in [0.05, 0.1) is 35.0 Å². The van der Waals surface area contributed by atoms with Crippen molar-refractivity contribution >= 4 is 66.3 Å². The minimum Gasteiger partial charge on any atom is -0.310 e. The van der Waals surface area contributed by atoms with Crippen molar-refractivity contribution in [3.05, 3.63) is 203 Å². The molecule has 0 heterocycles. The van der Waals surface area contributed by atoms with Gasteiger partial charge in [0.15, 0.2) is 0 Å². The van der Waals surface area contributed by atoms with Crippen molar-refractivity contribution in [2.24, 2.45) is 17.8 Å². The summed E-state index contributed by atoms with van der Waals surface area (Å²) in [6.07, 6.45) is 14.4. The summed E-state index contributed by atoms with van der Waals surface area (Å²) >= 11 is 0. The van der Waals surface area contributed by atoms with E-state index in [1.807, 2.05) is 12.1 Å². The summed E-state index contributed by atoms with van der Waals surface area (Å²) in [5, 5.41) is 27.0. The molecule has 0 aromatic heterocycles. The summed E-state index contributed by atoms with van der Waals surface area (Å²) in [5.74, 6) is 0.332. The first-order valence-electron chi connectivity index (χ1n) is 22.9. The smallest absolute Gasteiger partial charge is 0.0991 e. The zero-order valence-corrected chi connectivity index (χ0v) is 37.4. The molecule has 8 aromatic carbocycles. The van der Waals surface area contributed by atoms with E-state index in [0.717, 1.165) is 45.9 Å². The van der Waals surface area contributed by atoms with Crippen molar-refractivity contribution in [1.82, 2.24) is 0 Å². The second-order valence-corrected chi connectivity index (χ2v) is 19.6. The molecule has 12 rings (SSSR count). The van der Waals surface area contributed by atoms with Gasteiger partial charge >= 0.3 is 0 Å². The lowest BCUT2D eigenvalue weighted by atomic mass is 9.74. The molecule has 3 atom stereocenters. The average molecular weight is 837 g/mol. The van der Waals surface area contributed by atoms with Crippen LogP contribution in [0.25, 0.3) is 49.0 Å². The van der Waals surface area contributed by atoms with Crippen LogP contribution in [0.15, 0.2) is 176 Å². The van der Waals surface area contributed by atoms with Crippen molar-refractivity contribution < 1.29 is 0 Å². The third kappa shape index (κ3) is 5.67. The second kappa shape index (κ2) is 14.2. The number of nitrogens with zero attached hydrogens (tertiary/aromatic N) is 4. The summed E-state index contributed by atoms with van der Waals surface area (Å²) in [6.45, 7) is 11.6. The Morgan fingerprint density at radius 2 is 1.23 bits per heavy atom. The predicted molar refractivity (Wildman–Crippen MR) is 269 cm³/mol. The van der Waals surface area contributed by atoms with Crippen molar-refractivity contribution in [3.63, 3.8) is 0 Å². The average Bonchev–Trinajstić information content (AvgIpc) is 3.70. The van der Waals surface area contributed by atoms with Gasteiger partial charge in [-0.15, -0.1) is 0 Å². The van der Waals surface area contributed by atoms with E-state index < -0.39 is 0 Å². The first-order chi connectivity index (χ1) is 31.6. The fraction of sp³-hybridized carbons (Fsp3) is 0.180. The number of benzene rings is 8. The Morgan fingerprint density at radius 3 is 1.92 bits per heavy atom. The van der Waals surface area contributed by atoms with Crippen LogP contribution in [0.5, 0.6) is 0 Å². The van der Waals surface area contributed by atoms with Gasteiger partial charge in [-0.3, -0.25) is 0 Å². The van der Waals surface area contributed by atoms with E-state index in [-0.39, 0.29) is 22.7 Å². The molecular weight excluding hydrogens is 789 g/mol. The lowest BCUT2D eigenvalue weighted by Gasteiger charge is -2.33. The van der Waals surface area contributed by atoms with E-state index in [1.165, 1.54) is 65.9 Å². The van der Waals surface area contributed by atoms with Crippen molar-refractivity contribution in [3.8, 4) is 23.3 Å². The quantitative estimate of drug-likeness (QED) is 0.157. The fourth-order valence-electron chi connectivity index (χ4n) is 11.9. The molecule has 0 bridgehead atoms. The molecule has 0 saturated heterocycles.